The second kappa shape index (κ2) is 5.89. The van der Waals surface area contributed by atoms with E-state index in [9.17, 15) is 5.11 Å². The van der Waals surface area contributed by atoms with E-state index >= 15 is 0 Å². The van der Waals surface area contributed by atoms with Gasteiger partial charge in [0.25, 0.3) is 0 Å². The van der Waals surface area contributed by atoms with Crippen LogP contribution in [-0.4, -0.2) is 34.5 Å². The van der Waals surface area contributed by atoms with Crippen molar-refractivity contribution in [2.24, 2.45) is 0 Å². The zero-order valence-electron chi connectivity index (χ0n) is 11.0. The van der Waals surface area contributed by atoms with Crippen LogP contribution in [0.2, 0.25) is 0 Å². The number of aromatic nitrogens is 2. The number of benzene rings is 1. The van der Waals surface area contributed by atoms with Crippen LogP contribution in [0.5, 0.6) is 0 Å². The van der Waals surface area contributed by atoms with Crippen LogP contribution in [-0.2, 0) is 0 Å². The molecule has 2 aromatic rings. The lowest BCUT2D eigenvalue weighted by Crippen LogP contribution is -2.32. The van der Waals surface area contributed by atoms with Gasteiger partial charge in [0, 0.05) is 16.6 Å². The predicted molar refractivity (Wildman–Crippen MR) is 82.6 cm³/mol. The molecule has 1 aromatic carbocycles. The highest BCUT2D eigenvalue weighted by atomic mass is 79.9. The molecule has 2 heterocycles. The molecule has 104 valence electrons. The Morgan fingerprint density at radius 1 is 1.20 bits per heavy atom. The number of aliphatic hydroxyl groups excluding tert-OH is 1. The third-order valence-corrected chi connectivity index (χ3v) is 4.37. The summed E-state index contributed by atoms with van der Waals surface area (Å²) >= 11 is 3.53. The second-order valence-electron chi connectivity index (χ2n) is 4.93. The van der Waals surface area contributed by atoms with Crippen LogP contribution in [0.3, 0.4) is 0 Å². The molecule has 5 heteroatoms. The zero-order valence-corrected chi connectivity index (χ0v) is 12.6. The molecule has 1 aliphatic rings. The van der Waals surface area contributed by atoms with Crippen molar-refractivity contribution in [2.45, 2.75) is 18.9 Å². The molecule has 20 heavy (non-hydrogen) atoms. The van der Waals surface area contributed by atoms with Crippen molar-refractivity contribution >= 4 is 21.7 Å². The van der Waals surface area contributed by atoms with E-state index in [0.717, 1.165) is 40.9 Å². The van der Waals surface area contributed by atoms with Gasteiger partial charge >= 0.3 is 0 Å². The fourth-order valence-electron chi connectivity index (χ4n) is 2.62. The quantitative estimate of drug-likeness (QED) is 0.938. The van der Waals surface area contributed by atoms with E-state index < -0.39 is 0 Å². The van der Waals surface area contributed by atoms with Crippen molar-refractivity contribution < 1.29 is 5.11 Å². The summed E-state index contributed by atoms with van der Waals surface area (Å²) in [5.41, 5.74) is 1.88. The summed E-state index contributed by atoms with van der Waals surface area (Å²) in [6, 6.07) is 12.1. The van der Waals surface area contributed by atoms with Crippen molar-refractivity contribution in [1.29, 1.82) is 0 Å². The van der Waals surface area contributed by atoms with Gasteiger partial charge in [0.2, 0.25) is 0 Å². The summed E-state index contributed by atoms with van der Waals surface area (Å²) in [6.07, 6.45) is 2.11. The number of aliphatic hydroxyl groups is 1. The Balaban J connectivity index is 1.87. The molecule has 1 saturated heterocycles. The SMILES string of the molecule is OCC1CCCN1c1ccc(-c2ccccc2Br)nn1. The number of rotatable bonds is 3. The number of nitrogens with zero attached hydrogens (tertiary/aromatic N) is 3. The Kier molecular flexibility index (Phi) is 3.98. The smallest absolute Gasteiger partial charge is 0.151 e. The maximum atomic E-state index is 9.37. The minimum Gasteiger partial charge on any atom is -0.394 e. The van der Waals surface area contributed by atoms with E-state index in [1.807, 2.05) is 36.4 Å². The maximum Gasteiger partial charge on any atom is 0.151 e. The van der Waals surface area contributed by atoms with Gasteiger partial charge < -0.3 is 10.0 Å². The molecule has 0 bridgehead atoms. The zero-order chi connectivity index (χ0) is 13.9. The molecule has 1 aliphatic heterocycles. The predicted octanol–water partition coefficient (Wildman–Crippen LogP) is 2.87. The van der Waals surface area contributed by atoms with E-state index in [4.69, 9.17) is 0 Å². The summed E-state index contributed by atoms with van der Waals surface area (Å²) in [5, 5.41) is 18.0. The number of hydrogen-bond acceptors (Lipinski definition) is 4. The second-order valence-corrected chi connectivity index (χ2v) is 5.78. The van der Waals surface area contributed by atoms with Crippen molar-refractivity contribution in [3.8, 4) is 11.3 Å². The first kappa shape index (κ1) is 13.5. The highest BCUT2D eigenvalue weighted by Gasteiger charge is 2.25. The van der Waals surface area contributed by atoms with Gasteiger partial charge in [-0.15, -0.1) is 10.2 Å². The van der Waals surface area contributed by atoms with Gasteiger partial charge in [-0.3, -0.25) is 0 Å². The average molecular weight is 334 g/mol. The lowest BCUT2D eigenvalue weighted by molar-refractivity contribution is 0.266. The van der Waals surface area contributed by atoms with Crippen LogP contribution < -0.4 is 4.90 Å². The molecule has 1 unspecified atom stereocenters. The van der Waals surface area contributed by atoms with E-state index in [-0.39, 0.29) is 12.6 Å². The standard InChI is InChI=1S/C15H16BrN3O/c16-13-6-2-1-5-12(13)14-7-8-15(18-17-14)19-9-3-4-11(19)10-20/h1-2,5-8,11,20H,3-4,9-10H2. The van der Waals surface area contributed by atoms with Gasteiger partial charge in [-0.05, 0) is 31.0 Å². The molecule has 3 rings (SSSR count). The third-order valence-electron chi connectivity index (χ3n) is 3.68. The molecule has 4 nitrogen and oxygen atoms in total. The van der Waals surface area contributed by atoms with E-state index in [1.165, 1.54) is 0 Å². The van der Waals surface area contributed by atoms with E-state index in [0.29, 0.717) is 0 Å². The molecule has 1 atom stereocenters. The third kappa shape index (κ3) is 2.55. The summed E-state index contributed by atoms with van der Waals surface area (Å²) < 4.78 is 1.01. The van der Waals surface area contributed by atoms with Crippen LogP contribution >= 0.6 is 15.9 Å². The largest absolute Gasteiger partial charge is 0.394 e. The van der Waals surface area contributed by atoms with Gasteiger partial charge in [-0.1, -0.05) is 34.1 Å². The first-order chi connectivity index (χ1) is 9.79. The highest BCUT2D eigenvalue weighted by Crippen LogP contribution is 2.28. The van der Waals surface area contributed by atoms with Crippen molar-refractivity contribution in [2.75, 3.05) is 18.1 Å². The van der Waals surface area contributed by atoms with Gasteiger partial charge in [0.05, 0.1) is 18.3 Å². The number of anilines is 1. The summed E-state index contributed by atoms with van der Waals surface area (Å²) in [5.74, 6) is 0.845. The Morgan fingerprint density at radius 3 is 2.75 bits per heavy atom. The van der Waals surface area contributed by atoms with Gasteiger partial charge in [0.1, 0.15) is 0 Å². The molecule has 1 N–H and O–H groups in total. The molecular weight excluding hydrogens is 318 g/mol. The maximum absolute atomic E-state index is 9.37. The Hall–Kier alpha value is -1.46. The Labute approximate surface area is 126 Å². The van der Waals surface area contributed by atoms with E-state index in [2.05, 4.69) is 31.0 Å². The van der Waals surface area contributed by atoms with Crippen molar-refractivity contribution in [3.63, 3.8) is 0 Å². The fraction of sp³-hybridized carbons (Fsp3) is 0.333. The minimum atomic E-state index is 0.174. The average Bonchev–Trinajstić information content (AvgIpc) is 2.96. The lowest BCUT2D eigenvalue weighted by Gasteiger charge is -2.23. The fourth-order valence-corrected chi connectivity index (χ4v) is 3.11. The van der Waals surface area contributed by atoms with Gasteiger partial charge in [-0.25, -0.2) is 0 Å². The minimum absolute atomic E-state index is 0.174. The van der Waals surface area contributed by atoms with E-state index in [1.54, 1.807) is 0 Å². The monoisotopic (exact) mass is 333 g/mol. The van der Waals surface area contributed by atoms with Crippen molar-refractivity contribution in [3.05, 3.63) is 40.9 Å². The topological polar surface area (TPSA) is 49.2 Å². The van der Waals surface area contributed by atoms with Crippen LogP contribution in [0, 0.1) is 0 Å². The molecule has 0 amide bonds. The van der Waals surface area contributed by atoms with Crippen LogP contribution in [0.15, 0.2) is 40.9 Å². The molecule has 0 radical (unpaired) electrons. The molecule has 0 spiro atoms. The van der Waals surface area contributed by atoms with Crippen LogP contribution in [0.1, 0.15) is 12.8 Å². The number of hydrogen-bond donors (Lipinski definition) is 1. The molecule has 0 saturated carbocycles. The normalized spacial score (nSPS) is 18.5. The number of halogens is 1. The Morgan fingerprint density at radius 2 is 2.05 bits per heavy atom. The first-order valence-electron chi connectivity index (χ1n) is 6.75. The molecule has 1 fully saturated rings. The van der Waals surface area contributed by atoms with Crippen LogP contribution in [0.4, 0.5) is 5.82 Å². The molecule has 0 aliphatic carbocycles. The highest BCUT2D eigenvalue weighted by molar-refractivity contribution is 9.10. The van der Waals surface area contributed by atoms with Gasteiger partial charge in [-0.2, -0.15) is 0 Å². The van der Waals surface area contributed by atoms with Crippen LogP contribution in [0.25, 0.3) is 11.3 Å². The summed E-state index contributed by atoms with van der Waals surface area (Å²) in [6.45, 7) is 1.11. The lowest BCUT2D eigenvalue weighted by atomic mass is 10.1. The van der Waals surface area contributed by atoms with Gasteiger partial charge in [0.15, 0.2) is 5.82 Å². The molecule has 1 aromatic heterocycles. The summed E-state index contributed by atoms with van der Waals surface area (Å²) in [4.78, 5) is 2.14. The Bertz CT molecular complexity index is 588. The summed E-state index contributed by atoms with van der Waals surface area (Å²) in [7, 11) is 0. The van der Waals surface area contributed by atoms with Crippen molar-refractivity contribution in [1.82, 2.24) is 10.2 Å². The molecular formula is C15H16BrN3O. The first-order valence-corrected chi connectivity index (χ1v) is 7.55.